The first kappa shape index (κ1) is 22.9. The van der Waals surface area contributed by atoms with Gasteiger partial charge in [0.2, 0.25) is 5.91 Å². The molecule has 0 unspecified atom stereocenters. The van der Waals surface area contributed by atoms with E-state index >= 15 is 0 Å². The number of carbonyl (C=O) groups is 2. The molecule has 0 spiro atoms. The fourth-order valence-corrected chi connectivity index (χ4v) is 3.68. The molecule has 31 heavy (non-hydrogen) atoms. The maximum Gasteiger partial charge on any atom is 0.251 e. The first-order valence-corrected chi connectivity index (χ1v) is 11.0. The summed E-state index contributed by atoms with van der Waals surface area (Å²) in [5, 5.41) is 15.1. The number of nitrogens with zero attached hydrogens (tertiary/aromatic N) is 3. The number of anilines is 1. The number of hydrogen-bond donors (Lipinski definition) is 2. The molecule has 0 saturated heterocycles. The normalized spacial score (nSPS) is 10.5. The van der Waals surface area contributed by atoms with Crippen LogP contribution in [0.2, 0.25) is 10.0 Å². The number of amides is 2. The average molecular weight is 476 g/mol. The van der Waals surface area contributed by atoms with Crippen LogP contribution in [0.3, 0.4) is 0 Å². The van der Waals surface area contributed by atoms with Crippen LogP contribution in [0.1, 0.15) is 16.2 Å². The van der Waals surface area contributed by atoms with Crippen LogP contribution in [-0.4, -0.2) is 32.3 Å². The maximum atomic E-state index is 12.4. The number of para-hydroxylation sites is 1. The summed E-state index contributed by atoms with van der Waals surface area (Å²) in [6.45, 7) is 4.34. The van der Waals surface area contributed by atoms with E-state index in [1.807, 2.05) is 30.3 Å². The molecule has 0 bridgehead atoms. The molecule has 3 aromatic rings. The van der Waals surface area contributed by atoms with Crippen molar-refractivity contribution in [3.8, 4) is 0 Å². The van der Waals surface area contributed by atoms with E-state index in [2.05, 4.69) is 27.4 Å². The number of aromatic nitrogens is 3. The average Bonchev–Trinajstić information content (AvgIpc) is 3.15. The standard InChI is InChI=1S/C21H19Cl2N5O2S/c1-2-10-28-18(12-24-20(30)14-8-9-16(22)17(23)11-14)26-27-21(28)31-13-19(29)25-15-6-4-3-5-7-15/h2-9,11H,1,10,12-13H2,(H,24,30)(H,25,29). The van der Waals surface area contributed by atoms with E-state index in [-0.39, 0.29) is 24.1 Å². The molecule has 3 rings (SSSR count). The summed E-state index contributed by atoms with van der Waals surface area (Å²) in [5.41, 5.74) is 1.11. The largest absolute Gasteiger partial charge is 0.345 e. The number of hydrogen-bond acceptors (Lipinski definition) is 5. The Morgan fingerprint density at radius 2 is 1.87 bits per heavy atom. The lowest BCUT2D eigenvalue weighted by atomic mass is 10.2. The third-order valence-electron chi connectivity index (χ3n) is 4.08. The zero-order valence-corrected chi connectivity index (χ0v) is 18.7. The molecule has 0 radical (unpaired) electrons. The SMILES string of the molecule is C=CCn1c(CNC(=O)c2ccc(Cl)c(Cl)c2)nnc1SCC(=O)Nc1ccccc1. The summed E-state index contributed by atoms with van der Waals surface area (Å²) in [6, 6.07) is 13.9. The lowest BCUT2D eigenvalue weighted by Gasteiger charge is -2.09. The lowest BCUT2D eigenvalue weighted by Crippen LogP contribution is -2.25. The Bertz CT molecular complexity index is 1090. The van der Waals surface area contributed by atoms with Gasteiger partial charge in [0.25, 0.3) is 5.91 Å². The van der Waals surface area contributed by atoms with Gasteiger partial charge >= 0.3 is 0 Å². The van der Waals surface area contributed by atoms with Crippen molar-refractivity contribution in [1.82, 2.24) is 20.1 Å². The van der Waals surface area contributed by atoms with Gasteiger partial charge in [-0.1, -0.05) is 59.2 Å². The molecule has 0 atom stereocenters. The van der Waals surface area contributed by atoms with Crippen molar-refractivity contribution in [2.75, 3.05) is 11.1 Å². The minimum absolute atomic E-state index is 0.149. The second kappa shape index (κ2) is 11.0. The van der Waals surface area contributed by atoms with Crippen LogP contribution in [0.25, 0.3) is 0 Å². The molecule has 160 valence electrons. The monoisotopic (exact) mass is 475 g/mol. The number of thioether (sulfide) groups is 1. The van der Waals surface area contributed by atoms with E-state index in [4.69, 9.17) is 23.2 Å². The molecule has 10 heteroatoms. The first-order valence-electron chi connectivity index (χ1n) is 9.22. The quantitative estimate of drug-likeness (QED) is 0.352. The molecule has 0 aliphatic rings. The molecule has 2 N–H and O–H groups in total. The van der Waals surface area contributed by atoms with E-state index in [1.54, 1.807) is 22.8 Å². The second-order valence-corrected chi connectivity index (χ2v) is 8.07. The Balaban J connectivity index is 1.61. The molecule has 1 aromatic heterocycles. The van der Waals surface area contributed by atoms with E-state index in [0.29, 0.717) is 33.1 Å². The van der Waals surface area contributed by atoms with Crippen molar-refractivity contribution in [3.05, 3.63) is 82.6 Å². The number of carbonyl (C=O) groups excluding carboxylic acids is 2. The summed E-state index contributed by atoms with van der Waals surface area (Å²) < 4.78 is 1.79. The molecular weight excluding hydrogens is 457 g/mol. The molecule has 2 aromatic carbocycles. The minimum atomic E-state index is -0.317. The van der Waals surface area contributed by atoms with Crippen molar-refractivity contribution in [1.29, 1.82) is 0 Å². The lowest BCUT2D eigenvalue weighted by molar-refractivity contribution is -0.113. The minimum Gasteiger partial charge on any atom is -0.345 e. The highest BCUT2D eigenvalue weighted by atomic mass is 35.5. The summed E-state index contributed by atoms with van der Waals surface area (Å²) >= 11 is 13.1. The topological polar surface area (TPSA) is 88.9 Å². The van der Waals surface area contributed by atoms with Crippen LogP contribution in [0, 0.1) is 0 Å². The van der Waals surface area contributed by atoms with Gasteiger partial charge in [-0.3, -0.25) is 9.59 Å². The predicted molar refractivity (Wildman–Crippen MR) is 124 cm³/mol. The smallest absolute Gasteiger partial charge is 0.251 e. The summed E-state index contributed by atoms with van der Waals surface area (Å²) in [6.07, 6.45) is 1.70. The molecule has 7 nitrogen and oxygen atoms in total. The predicted octanol–water partition coefficient (Wildman–Crippen LogP) is 4.43. The summed E-state index contributed by atoms with van der Waals surface area (Å²) in [5.74, 6) is 0.237. The van der Waals surface area contributed by atoms with Gasteiger partial charge in [-0.05, 0) is 30.3 Å². The number of nitrogens with one attached hydrogen (secondary N) is 2. The number of allylic oxidation sites excluding steroid dienone is 1. The van der Waals surface area contributed by atoms with Crippen molar-refractivity contribution < 1.29 is 9.59 Å². The molecule has 0 aliphatic heterocycles. The number of halogens is 2. The van der Waals surface area contributed by atoms with Gasteiger partial charge in [-0.2, -0.15) is 0 Å². The highest BCUT2D eigenvalue weighted by Gasteiger charge is 2.15. The summed E-state index contributed by atoms with van der Waals surface area (Å²) in [4.78, 5) is 24.6. The fourth-order valence-electron chi connectivity index (χ4n) is 2.62. The van der Waals surface area contributed by atoms with Crippen LogP contribution in [0.4, 0.5) is 5.69 Å². The third kappa shape index (κ3) is 6.33. The van der Waals surface area contributed by atoms with Gasteiger partial charge in [0, 0.05) is 17.8 Å². The van der Waals surface area contributed by atoms with Crippen molar-refractivity contribution in [3.63, 3.8) is 0 Å². The Kier molecular flexibility index (Phi) is 8.11. The van der Waals surface area contributed by atoms with Gasteiger partial charge in [0.15, 0.2) is 11.0 Å². The van der Waals surface area contributed by atoms with Crippen LogP contribution in [0.5, 0.6) is 0 Å². The van der Waals surface area contributed by atoms with Gasteiger partial charge in [-0.15, -0.1) is 16.8 Å². The number of benzene rings is 2. The molecule has 0 saturated carbocycles. The van der Waals surface area contributed by atoms with E-state index in [0.717, 1.165) is 5.69 Å². The van der Waals surface area contributed by atoms with E-state index in [1.165, 1.54) is 17.8 Å². The van der Waals surface area contributed by atoms with E-state index < -0.39 is 0 Å². The molecule has 0 fully saturated rings. The van der Waals surface area contributed by atoms with Crippen molar-refractivity contribution in [2.45, 2.75) is 18.2 Å². The molecule has 0 aliphatic carbocycles. The van der Waals surface area contributed by atoms with Crippen LogP contribution < -0.4 is 10.6 Å². The van der Waals surface area contributed by atoms with Crippen LogP contribution >= 0.6 is 35.0 Å². The third-order valence-corrected chi connectivity index (χ3v) is 5.79. The highest BCUT2D eigenvalue weighted by molar-refractivity contribution is 7.99. The molecule has 2 amide bonds. The van der Waals surface area contributed by atoms with Gasteiger partial charge in [-0.25, -0.2) is 0 Å². The Hall–Kier alpha value is -2.81. The van der Waals surface area contributed by atoms with Gasteiger partial charge in [0.05, 0.1) is 22.3 Å². The van der Waals surface area contributed by atoms with Crippen LogP contribution in [-0.2, 0) is 17.9 Å². The van der Waals surface area contributed by atoms with Crippen molar-refractivity contribution >= 4 is 52.5 Å². The van der Waals surface area contributed by atoms with Crippen molar-refractivity contribution in [2.24, 2.45) is 0 Å². The maximum absolute atomic E-state index is 12.4. The first-order chi connectivity index (χ1) is 15.0. The number of rotatable bonds is 9. The van der Waals surface area contributed by atoms with Gasteiger partial charge < -0.3 is 15.2 Å². The Morgan fingerprint density at radius 3 is 2.58 bits per heavy atom. The van der Waals surface area contributed by atoms with Gasteiger partial charge in [0.1, 0.15) is 0 Å². The van der Waals surface area contributed by atoms with Crippen LogP contribution in [0.15, 0.2) is 66.3 Å². The molecular formula is C21H19Cl2N5O2S. The zero-order chi connectivity index (χ0) is 22.2. The fraction of sp³-hybridized carbons (Fsp3) is 0.143. The Labute approximate surface area is 193 Å². The second-order valence-electron chi connectivity index (χ2n) is 6.31. The highest BCUT2D eigenvalue weighted by Crippen LogP contribution is 2.23. The summed E-state index contributed by atoms with van der Waals surface area (Å²) in [7, 11) is 0. The zero-order valence-electron chi connectivity index (χ0n) is 16.3. The van der Waals surface area contributed by atoms with E-state index in [9.17, 15) is 9.59 Å². The Morgan fingerprint density at radius 1 is 1.10 bits per heavy atom. The molecule has 1 heterocycles.